The van der Waals surface area contributed by atoms with E-state index in [2.05, 4.69) is 9.97 Å². The Morgan fingerprint density at radius 2 is 1.75 bits per heavy atom. The number of aromatic nitrogens is 2. The average Bonchev–Trinajstić information content (AvgIpc) is 2.38. The average molecular weight is 311 g/mol. The zero-order chi connectivity index (χ0) is 14.3. The Morgan fingerprint density at radius 3 is 2.50 bits per heavy atom. The molecule has 0 aliphatic carbocycles. The number of halogens is 4. The van der Waals surface area contributed by atoms with E-state index < -0.39 is 11.6 Å². The fraction of sp³-hybridized carbons (Fsp3) is 0. The molecule has 0 amide bonds. The van der Waals surface area contributed by atoms with Crippen molar-refractivity contribution >= 4 is 34.1 Å². The second-order valence-corrected chi connectivity index (χ2v) is 4.86. The minimum Gasteiger partial charge on any atom is -0.228 e. The molecule has 2 nitrogen and oxygen atoms in total. The zero-order valence-corrected chi connectivity index (χ0v) is 11.4. The summed E-state index contributed by atoms with van der Waals surface area (Å²) in [5, 5.41) is 1.04. The van der Waals surface area contributed by atoms with Crippen LogP contribution in [0.25, 0.3) is 22.3 Å². The summed E-state index contributed by atoms with van der Waals surface area (Å²) in [6, 6.07) is 8.25. The highest BCUT2D eigenvalue weighted by molar-refractivity contribution is 6.41. The van der Waals surface area contributed by atoms with Crippen LogP contribution >= 0.6 is 23.2 Å². The van der Waals surface area contributed by atoms with Gasteiger partial charge in [0.25, 0.3) is 0 Å². The molecule has 20 heavy (non-hydrogen) atoms. The molecule has 1 heterocycles. The lowest BCUT2D eigenvalue weighted by atomic mass is 10.1. The van der Waals surface area contributed by atoms with Crippen LogP contribution in [0.1, 0.15) is 0 Å². The monoisotopic (exact) mass is 310 g/mol. The van der Waals surface area contributed by atoms with E-state index in [9.17, 15) is 8.78 Å². The summed E-state index contributed by atoms with van der Waals surface area (Å²) < 4.78 is 26.7. The van der Waals surface area contributed by atoms with Crippen molar-refractivity contribution in [1.82, 2.24) is 9.97 Å². The number of hydrogen-bond acceptors (Lipinski definition) is 2. The van der Waals surface area contributed by atoms with Crippen molar-refractivity contribution in [3.05, 3.63) is 58.2 Å². The van der Waals surface area contributed by atoms with E-state index in [0.717, 1.165) is 12.1 Å². The van der Waals surface area contributed by atoms with Gasteiger partial charge in [-0.2, -0.15) is 0 Å². The number of nitrogens with zero attached hydrogens (tertiary/aromatic N) is 2. The van der Waals surface area contributed by atoms with Crippen LogP contribution in [-0.2, 0) is 0 Å². The first-order valence-electron chi connectivity index (χ1n) is 5.63. The largest absolute Gasteiger partial charge is 0.228 e. The second-order valence-electron chi connectivity index (χ2n) is 4.10. The second kappa shape index (κ2) is 4.96. The maximum absolute atomic E-state index is 13.8. The van der Waals surface area contributed by atoms with Gasteiger partial charge in [-0.3, -0.25) is 0 Å². The van der Waals surface area contributed by atoms with Gasteiger partial charge in [-0.05, 0) is 24.3 Å². The fourth-order valence-corrected chi connectivity index (χ4v) is 2.48. The van der Waals surface area contributed by atoms with E-state index in [1.807, 2.05) is 0 Å². The molecule has 0 unspecified atom stereocenters. The highest BCUT2D eigenvalue weighted by Gasteiger charge is 2.13. The van der Waals surface area contributed by atoms with E-state index in [0.29, 0.717) is 15.9 Å². The molecule has 0 N–H and O–H groups in total. The van der Waals surface area contributed by atoms with Gasteiger partial charge in [-0.25, -0.2) is 18.7 Å². The first-order chi connectivity index (χ1) is 9.56. The predicted octanol–water partition coefficient (Wildman–Crippen LogP) is 4.88. The number of rotatable bonds is 1. The van der Waals surface area contributed by atoms with Gasteiger partial charge >= 0.3 is 0 Å². The van der Waals surface area contributed by atoms with E-state index in [1.54, 1.807) is 18.2 Å². The van der Waals surface area contributed by atoms with Crippen LogP contribution in [0.5, 0.6) is 0 Å². The van der Waals surface area contributed by atoms with Crippen molar-refractivity contribution in [2.75, 3.05) is 0 Å². The molecule has 0 spiro atoms. The summed E-state index contributed by atoms with van der Waals surface area (Å²) >= 11 is 12.1. The molecular weight excluding hydrogens is 305 g/mol. The van der Waals surface area contributed by atoms with E-state index in [1.165, 1.54) is 6.07 Å². The summed E-state index contributed by atoms with van der Waals surface area (Å²) in [5.74, 6) is -1.33. The van der Waals surface area contributed by atoms with Crippen molar-refractivity contribution in [3.8, 4) is 11.4 Å². The summed E-state index contributed by atoms with van der Waals surface area (Å²) in [6.07, 6.45) is 0. The number of hydrogen-bond donors (Lipinski definition) is 0. The third kappa shape index (κ3) is 2.21. The highest BCUT2D eigenvalue weighted by Crippen LogP contribution is 2.30. The van der Waals surface area contributed by atoms with Gasteiger partial charge in [-0.15, -0.1) is 0 Å². The SMILES string of the molecule is Fc1ccc(-c2nc(Cl)c3c(Cl)cccc3n2)c(F)c1. The standard InChI is InChI=1S/C14H6Cl2F2N2/c15-9-2-1-3-11-12(9)13(16)20-14(19-11)8-5-4-7(17)6-10(8)18/h1-6H. The Morgan fingerprint density at radius 1 is 0.950 bits per heavy atom. The van der Waals surface area contributed by atoms with E-state index in [-0.39, 0.29) is 16.5 Å². The molecule has 100 valence electrons. The lowest BCUT2D eigenvalue weighted by Gasteiger charge is -2.06. The molecule has 3 rings (SSSR count). The molecule has 0 radical (unpaired) electrons. The van der Waals surface area contributed by atoms with Crippen LogP contribution in [0, 0.1) is 11.6 Å². The first kappa shape index (κ1) is 13.2. The molecule has 0 aliphatic rings. The molecular formula is C14H6Cl2F2N2. The van der Waals surface area contributed by atoms with Gasteiger partial charge in [-0.1, -0.05) is 29.3 Å². The van der Waals surface area contributed by atoms with Crippen LogP contribution in [0.3, 0.4) is 0 Å². The van der Waals surface area contributed by atoms with Crippen molar-refractivity contribution in [3.63, 3.8) is 0 Å². The maximum Gasteiger partial charge on any atom is 0.164 e. The van der Waals surface area contributed by atoms with E-state index in [4.69, 9.17) is 23.2 Å². The quantitative estimate of drug-likeness (QED) is 0.598. The van der Waals surface area contributed by atoms with Crippen molar-refractivity contribution in [2.24, 2.45) is 0 Å². The first-order valence-corrected chi connectivity index (χ1v) is 6.39. The van der Waals surface area contributed by atoms with Crippen molar-refractivity contribution in [2.45, 2.75) is 0 Å². The number of benzene rings is 2. The topological polar surface area (TPSA) is 25.8 Å². The van der Waals surface area contributed by atoms with Crippen molar-refractivity contribution in [1.29, 1.82) is 0 Å². The Bertz CT molecular complexity index is 822. The molecule has 3 aromatic rings. The molecule has 1 aromatic heterocycles. The summed E-state index contributed by atoms with van der Waals surface area (Å²) in [7, 11) is 0. The normalized spacial score (nSPS) is 11.0. The minimum absolute atomic E-state index is 0.0789. The molecule has 0 atom stereocenters. The zero-order valence-electron chi connectivity index (χ0n) is 9.87. The Hall–Kier alpha value is -1.78. The molecule has 2 aromatic carbocycles. The molecule has 0 saturated carbocycles. The summed E-state index contributed by atoms with van der Waals surface area (Å²) in [5.41, 5.74) is 0.575. The Labute approximate surface area is 123 Å². The lowest BCUT2D eigenvalue weighted by molar-refractivity contribution is 0.585. The van der Waals surface area contributed by atoms with Gasteiger partial charge in [0.15, 0.2) is 5.82 Å². The fourth-order valence-electron chi connectivity index (χ4n) is 1.89. The van der Waals surface area contributed by atoms with Crippen LogP contribution in [0.15, 0.2) is 36.4 Å². The Kier molecular flexibility index (Phi) is 3.28. The molecule has 6 heteroatoms. The summed E-state index contributed by atoms with van der Waals surface area (Å²) in [6.45, 7) is 0. The third-order valence-corrected chi connectivity index (χ3v) is 3.39. The maximum atomic E-state index is 13.8. The van der Waals surface area contributed by atoms with Gasteiger partial charge in [0.1, 0.15) is 16.8 Å². The molecule has 0 saturated heterocycles. The summed E-state index contributed by atoms with van der Waals surface area (Å²) in [4.78, 5) is 8.25. The van der Waals surface area contributed by atoms with Crippen LogP contribution < -0.4 is 0 Å². The lowest BCUT2D eigenvalue weighted by Crippen LogP contribution is -1.95. The molecule has 0 bridgehead atoms. The van der Waals surface area contributed by atoms with Crippen LogP contribution in [0.2, 0.25) is 10.2 Å². The minimum atomic E-state index is -0.748. The number of fused-ring (bicyclic) bond motifs is 1. The van der Waals surface area contributed by atoms with Crippen LogP contribution in [0.4, 0.5) is 8.78 Å². The van der Waals surface area contributed by atoms with E-state index >= 15 is 0 Å². The smallest absolute Gasteiger partial charge is 0.164 e. The van der Waals surface area contributed by atoms with Gasteiger partial charge in [0, 0.05) is 6.07 Å². The molecule has 0 fully saturated rings. The predicted molar refractivity (Wildman–Crippen MR) is 74.9 cm³/mol. The van der Waals surface area contributed by atoms with Crippen LogP contribution in [-0.4, -0.2) is 9.97 Å². The van der Waals surface area contributed by atoms with Crippen molar-refractivity contribution < 1.29 is 8.78 Å². The van der Waals surface area contributed by atoms with Gasteiger partial charge in [0.2, 0.25) is 0 Å². The van der Waals surface area contributed by atoms with Gasteiger partial charge in [0.05, 0.1) is 21.5 Å². The third-order valence-electron chi connectivity index (χ3n) is 2.80. The Balaban J connectivity index is 2.28. The van der Waals surface area contributed by atoms with Gasteiger partial charge < -0.3 is 0 Å². The highest BCUT2D eigenvalue weighted by atomic mass is 35.5. The molecule has 0 aliphatic heterocycles.